The molecule has 1 atom stereocenters. The van der Waals surface area contributed by atoms with Crippen LogP contribution in [-0.2, 0) is 4.79 Å². The number of hydrogen-bond acceptors (Lipinski definition) is 6. The summed E-state index contributed by atoms with van der Waals surface area (Å²) < 4.78 is 7.27. The van der Waals surface area contributed by atoms with Crippen molar-refractivity contribution in [1.82, 2.24) is 25.5 Å². The maximum atomic E-state index is 12.4. The molecule has 134 valence electrons. The Morgan fingerprint density at radius 2 is 2.16 bits per heavy atom. The highest BCUT2D eigenvalue weighted by atomic mass is 32.2. The summed E-state index contributed by atoms with van der Waals surface area (Å²) in [6.07, 6.45) is 4.53. The molecule has 1 amide bonds. The highest BCUT2D eigenvalue weighted by Gasteiger charge is 2.24. The molecular formula is C17H23N5O2S. The van der Waals surface area contributed by atoms with Gasteiger partial charge in [0.1, 0.15) is 11.4 Å². The molecule has 25 heavy (non-hydrogen) atoms. The molecule has 1 saturated carbocycles. The average molecular weight is 361 g/mol. The third kappa shape index (κ3) is 4.31. The first-order chi connectivity index (χ1) is 12.2. The van der Waals surface area contributed by atoms with Gasteiger partial charge in [-0.2, -0.15) is 4.68 Å². The summed E-state index contributed by atoms with van der Waals surface area (Å²) in [7, 11) is 0. The van der Waals surface area contributed by atoms with E-state index >= 15 is 0 Å². The minimum atomic E-state index is -0.274. The van der Waals surface area contributed by atoms with E-state index in [0.29, 0.717) is 23.6 Å². The summed E-state index contributed by atoms with van der Waals surface area (Å²) in [4.78, 5) is 12.4. The van der Waals surface area contributed by atoms with Crippen LogP contribution in [0.25, 0.3) is 5.69 Å². The minimum absolute atomic E-state index is 0.0320. The number of tetrazole rings is 1. The van der Waals surface area contributed by atoms with Crippen LogP contribution in [-0.4, -0.2) is 44.0 Å². The lowest BCUT2D eigenvalue weighted by Gasteiger charge is -2.16. The fourth-order valence-corrected chi connectivity index (χ4v) is 3.72. The lowest BCUT2D eigenvalue weighted by atomic mass is 10.2. The normalized spacial score (nSPS) is 15.9. The smallest absolute Gasteiger partial charge is 0.233 e. The Balaban J connectivity index is 1.72. The van der Waals surface area contributed by atoms with Crippen LogP contribution in [0.5, 0.6) is 5.75 Å². The fourth-order valence-electron chi connectivity index (χ4n) is 2.91. The number of ether oxygens (including phenoxy) is 1. The zero-order chi connectivity index (χ0) is 17.6. The number of carbonyl (C=O) groups is 1. The second-order valence-corrected chi connectivity index (χ2v) is 7.33. The van der Waals surface area contributed by atoms with Gasteiger partial charge in [-0.25, -0.2) is 0 Å². The van der Waals surface area contributed by atoms with Crippen molar-refractivity contribution in [2.45, 2.75) is 56.0 Å². The van der Waals surface area contributed by atoms with E-state index < -0.39 is 0 Å². The molecular weight excluding hydrogens is 338 g/mol. The Morgan fingerprint density at radius 1 is 1.40 bits per heavy atom. The molecule has 1 aliphatic carbocycles. The predicted octanol–water partition coefficient (Wildman–Crippen LogP) is 2.60. The van der Waals surface area contributed by atoms with Crippen LogP contribution in [0.1, 0.15) is 39.5 Å². The summed E-state index contributed by atoms with van der Waals surface area (Å²) in [6, 6.07) is 7.90. The summed E-state index contributed by atoms with van der Waals surface area (Å²) >= 11 is 1.35. The molecule has 0 bridgehead atoms. The molecule has 1 aliphatic rings. The molecule has 3 rings (SSSR count). The van der Waals surface area contributed by atoms with E-state index in [1.165, 1.54) is 24.6 Å². The Morgan fingerprint density at radius 3 is 2.92 bits per heavy atom. The molecule has 1 fully saturated rings. The largest absolute Gasteiger partial charge is 0.492 e. The van der Waals surface area contributed by atoms with Gasteiger partial charge < -0.3 is 10.1 Å². The van der Waals surface area contributed by atoms with Gasteiger partial charge >= 0.3 is 0 Å². The highest BCUT2D eigenvalue weighted by molar-refractivity contribution is 8.00. The van der Waals surface area contributed by atoms with Gasteiger partial charge in [0.2, 0.25) is 11.1 Å². The number of nitrogens with one attached hydrogen (secondary N) is 1. The molecule has 1 N–H and O–H groups in total. The Hall–Kier alpha value is -2.09. The lowest BCUT2D eigenvalue weighted by molar-refractivity contribution is -0.120. The standard InChI is InChI=1S/C17H23N5O2S/c1-3-24-15-11-7-6-10-14(15)22-17(19-20-21-22)25-12(2)16(23)18-13-8-4-5-9-13/h6-7,10-13H,3-5,8-9H2,1-2H3,(H,18,23)/t12-/m1/s1. The number of thioether (sulfide) groups is 1. The minimum Gasteiger partial charge on any atom is -0.492 e. The number of benzene rings is 1. The SMILES string of the molecule is CCOc1ccccc1-n1nnnc1S[C@H](C)C(=O)NC1CCCC1. The van der Waals surface area contributed by atoms with Gasteiger partial charge in [0.05, 0.1) is 11.9 Å². The van der Waals surface area contributed by atoms with Crippen molar-refractivity contribution in [1.29, 1.82) is 0 Å². The Labute approximate surface area is 151 Å². The van der Waals surface area contributed by atoms with E-state index in [2.05, 4.69) is 20.8 Å². The highest BCUT2D eigenvalue weighted by Crippen LogP contribution is 2.28. The molecule has 1 heterocycles. The van der Waals surface area contributed by atoms with Crippen molar-refractivity contribution in [3.05, 3.63) is 24.3 Å². The van der Waals surface area contributed by atoms with E-state index in [9.17, 15) is 4.79 Å². The van der Waals surface area contributed by atoms with Gasteiger partial charge in [-0.15, -0.1) is 5.10 Å². The summed E-state index contributed by atoms with van der Waals surface area (Å²) in [5, 5.41) is 15.3. The quantitative estimate of drug-likeness (QED) is 0.764. The number of aromatic nitrogens is 4. The van der Waals surface area contributed by atoms with Crippen LogP contribution in [0.2, 0.25) is 0 Å². The molecule has 0 spiro atoms. The first-order valence-electron chi connectivity index (χ1n) is 8.66. The molecule has 1 aromatic heterocycles. The number of para-hydroxylation sites is 2. The number of rotatable bonds is 7. The third-order valence-corrected chi connectivity index (χ3v) is 5.22. The summed E-state index contributed by atoms with van der Waals surface area (Å²) in [5.41, 5.74) is 0.764. The van der Waals surface area contributed by atoms with E-state index in [0.717, 1.165) is 18.5 Å². The molecule has 0 saturated heterocycles. The zero-order valence-corrected chi connectivity index (χ0v) is 15.3. The van der Waals surface area contributed by atoms with Crippen molar-refractivity contribution < 1.29 is 9.53 Å². The van der Waals surface area contributed by atoms with Gasteiger partial charge in [0, 0.05) is 6.04 Å². The van der Waals surface area contributed by atoms with Crippen LogP contribution >= 0.6 is 11.8 Å². The summed E-state index contributed by atoms with van der Waals surface area (Å²) in [6.45, 7) is 4.37. The van der Waals surface area contributed by atoms with Gasteiger partial charge in [-0.3, -0.25) is 4.79 Å². The average Bonchev–Trinajstić information content (AvgIpc) is 3.27. The second kappa shape index (κ2) is 8.33. The lowest BCUT2D eigenvalue weighted by Crippen LogP contribution is -2.37. The van der Waals surface area contributed by atoms with Crippen LogP contribution in [0.15, 0.2) is 29.4 Å². The van der Waals surface area contributed by atoms with Gasteiger partial charge in [0.15, 0.2) is 0 Å². The van der Waals surface area contributed by atoms with Crippen LogP contribution in [0.3, 0.4) is 0 Å². The van der Waals surface area contributed by atoms with Crippen molar-refractivity contribution in [2.24, 2.45) is 0 Å². The molecule has 8 heteroatoms. The van der Waals surface area contributed by atoms with E-state index in [-0.39, 0.29) is 11.2 Å². The molecule has 1 aromatic carbocycles. The molecule has 0 unspecified atom stereocenters. The predicted molar refractivity (Wildman–Crippen MR) is 96.0 cm³/mol. The topological polar surface area (TPSA) is 81.9 Å². The third-order valence-electron chi connectivity index (χ3n) is 4.19. The van der Waals surface area contributed by atoms with Gasteiger partial charge in [-0.1, -0.05) is 36.7 Å². The molecule has 0 aliphatic heterocycles. The molecule has 7 nitrogen and oxygen atoms in total. The van der Waals surface area contributed by atoms with Crippen molar-refractivity contribution in [3.8, 4) is 11.4 Å². The number of nitrogens with zero attached hydrogens (tertiary/aromatic N) is 4. The van der Waals surface area contributed by atoms with Crippen molar-refractivity contribution in [3.63, 3.8) is 0 Å². The summed E-state index contributed by atoms with van der Waals surface area (Å²) in [5.74, 6) is 0.742. The molecule has 0 radical (unpaired) electrons. The Kier molecular flexibility index (Phi) is 5.91. The molecule has 2 aromatic rings. The van der Waals surface area contributed by atoms with Gasteiger partial charge in [-0.05, 0) is 49.2 Å². The first kappa shape index (κ1) is 17.7. The van der Waals surface area contributed by atoms with Crippen molar-refractivity contribution >= 4 is 17.7 Å². The monoisotopic (exact) mass is 361 g/mol. The zero-order valence-electron chi connectivity index (χ0n) is 14.5. The maximum Gasteiger partial charge on any atom is 0.233 e. The van der Waals surface area contributed by atoms with Crippen LogP contribution < -0.4 is 10.1 Å². The van der Waals surface area contributed by atoms with E-state index in [1.807, 2.05) is 38.1 Å². The fraction of sp³-hybridized carbons (Fsp3) is 0.529. The maximum absolute atomic E-state index is 12.4. The number of carbonyl (C=O) groups excluding carboxylic acids is 1. The number of hydrogen-bond donors (Lipinski definition) is 1. The van der Waals surface area contributed by atoms with Gasteiger partial charge in [0.25, 0.3) is 0 Å². The van der Waals surface area contributed by atoms with Crippen molar-refractivity contribution in [2.75, 3.05) is 6.61 Å². The van der Waals surface area contributed by atoms with Crippen LogP contribution in [0.4, 0.5) is 0 Å². The van der Waals surface area contributed by atoms with E-state index in [4.69, 9.17) is 4.74 Å². The second-order valence-electron chi connectivity index (χ2n) is 6.02. The Bertz CT molecular complexity index is 715. The number of amides is 1. The van der Waals surface area contributed by atoms with E-state index in [1.54, 1.807) is 4.68 Å². The van der Waals surface area contributed by atoms with Crippen LogP contribution in [0, 0.1) is 0 Å². The first-order valence-corrected chi connectivity index (χ1v) is 9.54.